The molecule has 1 aliphatic rings. The molecule has 0 spiro atoms. The van der Waals surface area contributed by atoms with Gasteiger partial charge < -0.3 is 10.1 Å². The molecular weight excluding hydrogens is 362 g/mol. The van der Waals surface area contributed by atoms with Gasteiger partial charge in [0.2, 0.25) is 5.91 Å². The molecular formula is C20H21N3O3S. The molecule has 0 unspecified atom stereocenters. The van der Waals surface area contributed by atoms with E-state index in [1.807, 2.05) is 24.3 Å². The first-order valence-corrected chi connectivity index (χ1v) is 9.86. The Morgan fingerprint density at radius 2 is 2.04 bits per heavy atom. The highest BCUT2D eigenvalue weighted by atomic mass is 32.1. The summed E-state index contributed by atoms with van der Waals surface area (Å²) < 4.78 is 6.53. The molecule has 27 heavy (non-hydrogen) atoms. The Morgan fingerprint density at radius 3 is 2.81 bits per heavy atom. The van der Waals surface area contributed by atoms with Crippen molar-refractivity contribution in [3.05, 3.63) is 57.0 Å². The summed E-state index contributed by atoms with van der Waals surface area (Å²) in [7, 11) is 1.62. The molecule has 1 aliphatic carbocycles. The summed E-state index contributed by atoms with van der Waals surface area (Å²) in [6.07, 6.45) is 5.72. The third-order valence-corrected chi connectivity index (χ3v) is 6.10. The van der Waals surface area contributed by atoms with Gasteiger partial charge in [-0.15, -0.1) is 11.3 Å². The SMILES string of the molecule is COc1ccc(CNC(=O)Cn2cnc3sc4c(c3c2=O)CCCC4)cc1. The molecule has 1 amide bonds. The van der Waals surface area contributed by atoms with E-state index >= 15 is 0 Å². The zero-order valence-corrected chi connectivity index (χ0v) is 16.0. The number of amides is 1. The van der Waals surface area contributed by atoms with Crippen molar-refractivity contribution in [3.63, 3.8) is 0 Å². The molecule has 2 aromatic heterocycles. The van der Waals surface area contributed by atoms with E-state index < -0.39 is 0 Å². The van der Waals surface area contributed by atoms with Gasteiger partial charge in [0.15, 0.2) is 0 Å². The normalized spacial score (nSPS) is 13.4. The van der Waals surface area contributed by atoms with E-state index in [1.165, 1.54) is 22.2 Å². The summed E-state index contributed by atoms with van der Waals surface area (Å²) in [5.74, 6) is 0.563. The fourth-order valence-corrected chi connectivity index (χ4v) is 4.67. The summed E-state index contributed by atoms with van der Waals surface area (Å²) >= 11 is 1.62. The third kappa shape index (κ3) is 3.60. The molecule has 0 radical (unpaired) electrons. The quantitative estimate of drug-likeness (QED) is 0.735. The van der Waals surface area contributed by atoms with Gasteiger partial charge in [-0.05, 0) is 48.9 Å². The number of nitrogens with one attached hydrogen (secondary N) is 1. The topological polar surface area (TPSA) is 73.2 Å². The fourth-order valence-electron chi connectivity index (χ4n) is 3.45. The van der Waals surface area contributed by atoms with Crippen molar-refractivity contribution in [2.24, 2.45) is 0 Å². The number of nitrogens with zero attached hydrogens (tertiary/aromatic N) is 2. The van der Waals surface area contributed by atoms with Crippen molar-refractivity contribution in [2.45, 2.75) is 38.8 Å². The van der Waals surface area contributed by atoms with E-state index in [4.69, 9.17) is 4.74 Å². The van der Waals surface area contributed by atoms with Gasteiger partial charge in [-0.3, -0.25) is 14.2 Å². The minimum Gasteiger partial charge on any atom is -0.497 e. The summed E-state index contributed by atoms with van der Waals surface area (Å²) in [5, 5.41) is 3.56. The van der Waals surface area contributed by atoms with Gasteiger partial charge in [0.25, 0.3) is 5.56 Å². The molecule has 0 atom stereocenters. The summed E-state index contributed by atoms with van der Waals surface area (Å²) in [5.41, 5.74) is 2.00. The lowest BCUT2D eigenvalue weighted by Crippen LogP contribution is -2.32. The summed E-state index contributed by atoms with van der Waals surface area (Å²) in [6.45, 7) is 0.379. The van der Waals surface area contributed by atoms with Gasteiger partial charge in [0.05, 0.1) is 18.8 Å². The molecule has 1 aromatic carbocycles. The van der Waals surface area contributed by atoms with Crippen LogP contribution in [0.4, 0.5) is 0 Å². The van der Waals surface area contributed by atoms with Gasteiger partial charge in [-0.25, -0.2) is 4.98 Å². The first-order chi connectivity index (χ1) is 13.2. The van der Waals surface area contributed by atoms with Crippen molar-refractivity contribution in [1.82, 2.24) is 14.9 Å². The van der Waals surface area contributed by atoms with Crippen molar-refractivity contribution < 1.29 is 9.53 Å². The van der Waals surface area contributed by atoms with E-state index in [-0.39, 0.29) is 18.0 Å². The Morgan fingerprint density at radius 1 is 1.26 bits per heavy atom. The molecule has 2 heterocycles. The second kappa shape index (κ2) is 7.52. The number of hydrogen-bond acceptors (Lipinski definition) is 5. The molecule has 0 saturated heterocycles. The van der Waals surface area contributed by atoms with Crippen LogP contribution in [0.2, 0.25) is 0 Å². The molecule has 0 fully saturated rings. The highest BCUT2D eigenvalue weighted by Gasteiger charge is 2.20. The van der Waals surface area contributed by atoms with Crippen LogP contribution in [-0.4, -0.2) is 22.6 Å². The highest BCUT2D eigenvalue weighted by molar-refractivity contribution is 7.18. The van der Waals surface area contributed by atoms with Crippen LogP contribution in [0.15, 0.2) is 35.4 Å². The first kappa shape index (κ1) is 17.7. The third-order valence-electron chi connectivity index (χ3n) is 4.90. The molecule has 7 heteroatoms. The minimum atomic E-state index is -0.210. The molecule has 6 nitrogen and oxygen atoms in total. The summed E-state index contributed by atoms with van der Waals surface area (Å²) in [4.78, 5) is 31.7. The van der Waals surface area contributed by atoms with Crippen LogP contribution >= 0.6 is 11.3 Å². The van der Waals surface area contributed by atoms with E-state index in [0.717, 1.165) is 41.0 Å². The van der Waals surface area contributed by atoms with Crippen molar-refractivity contribution in [2.75, 3.05) is 7.11 Å². The molecule has 1 N–H and O–H groups in total. The minimum absolute atomic E-state index is 0.0252. The number of methoxy groups -OCH3 is 1. The van der Waals surface area contributed by atoms with Crippen LogP contribution in [0.5, 0.6) is 5.75 Å². The lowest BCUT2D eigenvalue weighted by molar-refractivity contribution is -0.121. The van der Waals surface area contributed by atoms with E-state index in [9.17, 15) is 9.59 Å². The molecule has 0 bridgehead atoms. The van der Waals surface area contributed by atoms with Gasteiger partial charge >= 0.3 is 0 Å². The van der Waals surface area contributed by atoms with Gasteiger partial charge in [-0.1, -0.05) is 12.1 Å². The number of aryl methyl sites for hydroxylation is 2. The highest BCUT2D eigenvalue weighted by Crippen LogP contribution is 2.33. The van der Waals surface area contributed by atoms with Gasteiger partial charge in [0, 0.05) is 11.4 Å². The van der Waals surface area contributed by atoms with E-state index in [0.29, 0.717) is 11.9 Å². The second-order valence-corrected chi connectivity index (χ2v) is 7.78. The van der Waals surface area contributed by atoms with E-state index in [2.05, 4.69) is 10.3 Å². The molecule has 140 valence electrons. The Hall–Kier alpha value is -2.67. The van der Waals surface area contributed by atoms with Gasteiger partial charge in [-0.2, -0.15) is 0 Å². The molecule has 0 saturated carbocycles. The number of fused-ring (bicyclic) bond motifs is 3. The lowest BCUT2D eigenvalue weighted by Gasteiger charge is -2.11. The summed E-state index contributed by atoms with van der Waals surface area (Å²) in [6, 6.07) is 7.50. The lowest BCUT2D eigenvalue weighted by atomic mass is 9.97. The maximum atomic E-state index is 12.9. The van der Waals surface area contributed by atoms with Crippen LogP contribution in [0.25, 0.3) is 10.2 Å². The standard InChI is InChI=1S/C20H21N3O3S/c1-26-14-8-6-13(7-9-14)10-21-17(24)11-23-12-22-19-18(20(23)25)15-4-2-3-5-16(15)27-19/h6-9,12H,2-5,10-11H2,1H3,(H,21,24). The number of aromatic nitrogens is 2. The second-order valence-electron chi connectivity index (χ2n) is 6.69. The average Bonchev–Trinajstić information content (AvgIpc) is 3.08. The van der Waals surface area contributed by atoms with E-state index in [1.54, 1.807) is 18.4 Å². The predicted octanol–water partition coefficient (Wildman–Crippen LogP) is 2.66. The number of carbonyl (C=O) groups excluding carboxylic acids is 1. The predicted molar refractivity (Wildman–Crippen MR) is 105 cm³/mol. The molecule has 4 rings (SSSR count). The maximum Gasteiger partial charge on any atom is 0.262 e. The Bertz CT molecular complexity index is 1040. The largest absolute Gasteiger partial charge is 0.497 e. The van der Waals surface area contributed by atoms with Crippen LogP contribution in [-0.2, 0) is 30.7 Å². The zero-order chi connectivity index (χ0) is 18.8. The monoisotopic (exact) mass is 383 g/mol. The van der Waals surface area contributed by atoms with Crippen LogP contribution in [0, 0.1) is 0 Å². The number of rotatable bonds is 5. The smallest absolute Gasteiger partial charge is 0.262 e. The number of thiophene rings is 1. The zero-order valence-electron chi connectivity index (χ0n) is 15.2. The molecule has 0 aliphatic heterocycles. The first-order valence-electron chi connectivity index (χ1n) is 9.05. The van der Waals surface area contributed by atoms with Crippen LogP contribution in [0.1, 0.15) is 28.8 Å². The Labute approximate surface area is 160 Å². The number of carbonyl (C=O) groups is 1. The average molecular weight is 383 g/mol. The van der Waals surface area contributed by atoms with Crippen LogP contribution < -0.4 is 15.6 Å². The number of hydrogen-bond donors (Lipinski definition) is 1. The number of ether oxygens (including phenoxy) is 1. The fraction of sp³-hybridized carbons (Fsp3) is 0.350. The molecule has 3 aromatic rings. The van der Waals surface area contributed by atoms with Crippen molar-refractivity contribution in [1.29, 1.82) is 0 Å². The van der Waals surface area contributed by atoms with Crippen LogP contribution in [0.3, 0.4) is 0 Å². The maximum absolute atomic E-state index is 12.9. The van der Waals surface area contributed by atoms with Crippen molar-refractivity contribution in [3.8, 4) is 5.75 Å². The number of benzene rings is 1. The Kier molecular flexibility index (Phi) is 4.94. The van der Waals surface area contributed by atoms with Gasteiger partial charge in [0.1, 0.15) is 17.1 Å². The van der Waals surface area contributed by atoms with Crippen molar-refractivity contribution >= 4 is 27.5 Å². The Balaban J connectivity index is 1.48.